The number of carbonyl (C=O) groups excluding carboxylic acids is 1. The van der Waals surface area contributed by atoms with Gasteiger partial charge in [0.15, 0.2) is 0 Å². The van der Waals surface area contributed by atoms with E-state index in [2.05, 4.69) is 10.3 Å². The van der Waals surface area contributed by atoms with Crippen LogP contribution in [-0.4, -0.2) is 10.9 Å². The maximum atomic E-state index is 12.2. The van der Waals surface area contributed by atoms with E-state index in [-0.39, 0.29) is 5.91 Å². The van der Waals surface area contributed by atoms with Gasteiger partial charge >= 0.3 is 0 Å². The third kappa shape index (κ3) is 3.85. The van der Waals surface area contributed by atoms with Gasteiger partial charge in [-0.2, -0.15) is 0 Å². The van der Waals surface area contributed by atoms with Crippen LogP contribution < -0.4 is 5.32 Å². The van der Waals surface area contributed by atoms with Crippen molar-refractivity contribution >= 4 is 22.9 Å². The summed E-state index contributed by atoms with van der Waals surface area (Å²) in [5.41, 5.74) is 4.04. The lowest BCUT2D eigenvalue weighted by molar-refractivity contribution is -0.115. The van der Waals surface area contributed by atoms with Gasteiger partial charge in [0.05, 0.1) is 12.1 Å². The van der Waals surface area contributed by atoms with E-state index < -0.39 is 0 Å². The summed E-state index contributed by atoms with van der Waals surface area (Å²) in [6, 6.07) is 17.9. The Morgan fingerprint density at radius 3 is 2.43 bits per heavy atom. The molecule has 0 aliphatic carbocycles. The number of nitrogens with zero attached hydrogens (tertiary/aromatic N) is 1. The van der Waals surface area contributed by atoms with Crippen LogP contribution in [0, 0.1) is 13.8 Å². The van der Waals surface area contributed by atoms with Crippen molar-refractivity contribution in [3.05, 3.63) is 70.0 Å². The van der Waals surface area contributed by atoms with Gasteiger partial charge in [0.25, 0.3) is 0 Å². The van der Waals surface area contributed by atoms with E-state index in [0.717, 1.165) is 26.8 Å². The highest BCUT2D eigenvalue weighted by Gasteiger charge is 2.12. The molecule has 116 valence electrons. The zero-order valence-corrected chi connectivity index (χ0v) is 14.0. The second-order valence-corrected chi connectivity index (χ2v) is 6.76. The highest BCUT2D eigenvalue weighted by molar-refractivity contribution is 7.12. The van der Waals surface area contributed by atoms with Gasteiger partial charge in [-0.05, 0) is 26.0 Å². The molecule has 3 aromatic rings. The van der Waals surface area contributed by atoms with E-state index in [4.69, 9.17) is 0 Å². The van der Waals surface area contributed by atoms with E-state index in [9.17, 15) is 4.79 Å². The molecule has 0 atom stereocenters. The summed E-state index contributed by atoms with van der Waals surface area (Å²) in [6.07, 6.45) is 0.298. The number of anilines is 1. The van der Waals surface area contributed by atoms with E-state index in [0.29, 0.717) is 6.42 Å². The van der Waals surface area contributed by atoms with Crippen molar-refractivity contribution in [3.63, 3.8) is 0 Å². The van der Waals surface area contributed by atoms with E-state index in [1.165, 1.54) is 5.56 Å². The summed E-state index contributed by atoms with van der Waals surface area (Å²) in [6.45, 7) is 4.07. The fraction of sp³-hybridized carbons (Fsp3) is 0.158. The van der Waals surface area contributed by atoms with Gasteiger partial charge in [-0.3, -0.25) is 4.79 Å². The molecule has 0 fully saturated rings. The van der Waals surface area contributed by atoms with Crippen LogP contribution in [-0.2, 0) is 11.2 Å². The van der Waals surface area contributed by atoms with Crippen molar-refractivity contribution in [2.45, 2.75) is 20.3 Å². The molecule has 0 saturated carbocycles. The van der Waals surface area contributed by atoms with Crippen molar-refractivity contribution in [1.82, 2.24) is 4.98 Å². The summed E-state index contributed by atoms with van der Waals surface area (Å²) in [5.74, 6) is -0.0396. The van der Waals surface area contributed by atoms with Gasteiger partial charge in [0.2, 0.25) is 5.91 Å². The molecule has 3 nitrogen and oxygen atoms in total. The van der Waals surface area contributed by atoms with E-state index in [1.54, 1.807) is 11.3 Å². The Hall–Kier alpha value is -2.46. The minimum absolute atomic E-state index is 0.0396. The molecule has 1 heterocycles. The first kappa shape index (κ1) is 15.4. The third-order valence-electron chi connectivity index (χ3n) is 3.54. The Balaban J connectivity index is 1.71. The summed E-state index contributed by atoms with van der Waals surface area (Å²) >= 11 is 1.58. The minimum Gasteiger partial charge on any atom is -0.326 e. The Morgan fingerprint density at radius 2 is 1.74 bits per heavy atom. The van der Waals surface area contributed by atoms with Gasteiger partial charge in [-0.1, -0.05) is 48.0 Å². The van der Waals surface area contributed by atoms with Gasteiger partial charge < -0.3 is 5.32 Å². The zero-order chi connectivity index (χ0) is 16.2. The Morgan fingerprint density at radius 1 is 1.04 bits per heavy atom. The normalized spacial score (nSPS) is 10.5. The molecule has 3 rings (SSSR count). The quantitative estimate of drug-likeness (QED) is 0.762. The molecule has 1 amide bonds. The van der Waals surface area contributed by atoms with Crippen molar-refractivity contribution in [1.29, 1.82) is 0 Å². The average molecular weight is 322 g/mol. The molecule has 0 saturated heterocycles. The SMILES string of the molecule is Cc1ccc(NC(=O)Cc2nc(-c3ccccc3)c(C)s2)cc1. The predicted octanol–water partition coefficient (Wildman–Crippen LogP) is 4.61. The molecule has 0 unspecified atom stereocenters. The van der Waals surface area contributed by atoms with E-state index in [1.807, 2.05) is 68.4 Å². The number of benzene rings is 2. The number of rotatable bonds is 4. The topological polar surface area (TPSA) is 42.0 Å². The molecule has 2 aromatic carbocycles. The standard InChI is InChI=1S/C19H18N2OS/c1-13-8-10-16(11-9-13)20-17(22)12-18-21-19(14(2)23-18)15-6-4-3-5-7-15/h3-11H,12H2,1-2H3,(H,20,22). The molecule has 0 bridgehead atoms. The Labute approximate surface area is 140 Å². The molecule has 0 aliphatic heterocycles. The Kier molecular flexibility index (Phi) is 4.53. The number of aromatic nitrogens is 1. The van der Waals surface area contributed by atoms with Crippen molar-refractivity contribution in [3.8, 4) is 11.3 Å². The maximum Gasteiger partial charge on any atom is 0.231 e. The number of thiazole rings is 1. The molecule has 1 N–H and O–H groups in total. The highest BCUT2D eigenvalue weighted by Crippen LogP contribution is 2.27. The van der Waals surface area contributed by atoms with Crippen LogP contribution in [0.3, 0.4) is 0 Å². The maximum absolute atomic E-state index is 12.2. The zero-order valence-electron chi connectivity index (χ0n) is 13.2. The van der Waals surface area contributed by atoms with Crippen molar-refractivity contribution in [2.75, 3.05) is 5.32 Å². The first-order valence-electron chi connectivity index (χ1n) is 7.50. The first-order chi connectivity index (χ1) is 11.1. The smallest absolute Gasteiger partial charge is 0.231 e. The third-order valence-corrected chi connectivity index (χ3v) is 4.51. The van der Waals surface area contributed by atoms with Crippen LogP contribution in [0.4, 0.5) is 5.69 Å². The van der Waals surface area contributed by atoms with Crippen LogP contribution in [0.2, 0.25) is 0 Å². The molecule has 0 radical (unpaired) electrons. The molecule has 4 heteroatoms. The molecule has 1 aromatic heterocycles. The number of nitrogens with one attached hydrogen (secondary N) is 1. The fourth-order valence-corrected chi connectivity index (χ4v) is 3.32. The second-order valence-electron chi connectivity index (χ2n) is 5.47. The largest absolute Gasteiger partial charge is 0.326 e. The van der Waals surface area contributed by atoms with E-state index >= 15 is 0 Å². The second kappa shape index (κ2) is 6.75. The number of hydrogen-bond acceptors (Lipinski definition) is 3. The molecule has 0 aliphatic rings. The van der Waals surface area contributed by atoms with Crippen LogP contribution in [0.15, 0.2) is 54.6 Å². The first-order valence-corrected chi connectivity index (χ1v) is 8.32. The highest BCUT2D eigenvalue weighted by atomic mass is 32.1. The average Bonchev–Trinajstić information content (AvgIpc) is 2.91. The molecule has 23 heavy (non-hydrogen) atoms. The number of hydrogen-bond donors (Lipinski definition) is 1. The van der Waals surface area contributed by atoms with Crippen molar-refractivity contribution in [2.24, 2.45) is 0 Å². The van der Waals surface area contributed by atoms with Crippen LogP contribution in [0.1, 0.15) is 15.4 Å². The summed E-state index contributed by atoms with van der Waals surface area (Å²) in [4.78, 5) is 17.9. The van der Waals surface area contributed by atoms with Crippen LogP contribution >= 0.6 is 11.3 Å². The molecular formula is C19H18N2OS. The lowest BCUT2D eigenvalue weighted by Gasteiger charge is -2.04. The van der Waals surface area contributed by atoms with Crippen LogP contribution in [0.25, 0.3) is 11.3 Å². The molecular weight excluding hydrogens is 304 g/mol. The molecule has 0 spiro atoms. The summed E-state index contributed by atoms with van der Waals surface area (Å²) in [5, 5.41) is 3.75. The van der Waals surface area contributed by atoms with Gasteiger partial charge in [0, 0.05) is 16.1 Å². The predicted molar refractivity (Wildman–Crippen MR) is 95.8 cm³/mol. The lowest BCUT2D eigenvalue weighted by atomic mass is 10.1. The number of carbonyl (C=O) groups is 1. The van der Waals surface area contributed by atoms with Crippen LogP contribution in [0.5, 0.6) is 0 Å². The van der Waals surface area contributed by atoms with Gasteiger partial charge in [-0.15, -0.1) is 11.3 Å². The fourth-order valence-electron chi connectivity index (χ4n) is 2.37. The number of amides is 1. The van der Waals surface area contributed by atoms with Crippen molar-refractivity contribution < 1.29 is 4.79 Å². The summed E-state index contributed by atoms with van der Waals surface area (Å²) < 4.78 is 0. The lowest BCUT2D eigenvalue weighted by Crippen LogP contribution is -2.14. The Bertz CT molecular complexity index is 807. The monoisotopic (exact) mass is 322 g/mol. The minimum atomic E-state index is -0.0396. The number of aryl methyl sites for hydroxylation is 2. The van der Waals surface area contributed by atoms with Gasteiger partial charge in [-0.25, -0.2) is 4.98 Å². The summed E-state index contributed by atoms with van der Waals surface area (Å²) in [7, 11) is 0. The van der Waals surface area contributed by atoms with Gasteiger partial charge in [0.1, 0.15) is 5.01 Å².